The van der Waals surface area contributed by atoms with Crippen LogP contribution in [0.3, 0.4) is 0 Å². The number of methoxy groups -OCH3 is 1. The van der Waals surface area contributed by atoms with E-state index < -0.39 is 5.60 Å². The van der Waals surface area contributed by atoms with E-state index in [0.717, 1.165) is 0 Å². The van der Waals surface area contributed by atoms with Crippen molar-refractivity contribution in [3.63, 3.8) is 0 Å². The molecule has 4 atom stereocenters. The van der Waals surface area contributed by atoms with E-state index in [9.17, 15) is 15.0 Å². The van der Waals surface area contributed by atoms with Crippen LogP contribution in [0.2, 0.25) is 0 Å². The quantitative estimate of drug-likeness (QED) is 0.816. The monoisotopic (exact) mass is 363 g/mol. The van der Waals surface area contributed by atoms with Crippen molar-refractivity contribution in [2.45, 2.75) is 24.5 Å². The first-order valence-electron chi connectivity index (χ1n) is 9.11. The fourth-order valence-corrected chi connectivity index (χ4v) is 4.71. The van der Waals surface area contributed by atoms with Gasteiger partial charge in [-0.15, -0.1) is 0 Å². The summed E-state index contributed by atoms with van der Waals surface area (Å²) in [5, 5.41) is 21.7. The molecule has 0 unspecified atom stereocenters. The lowest BCUT2D eigenvalue weighted by Gasteiger charge is -2.57. The second-order valence-corrected chi connectivity index (χ2v) is 7.36. The summed E-state index contributed by atoms with van der Waals surface area (Å²) < 4.78 is 16.3. The average molecular weight is 363 g/mol. The molecule has 1 aromatic carbocycles. The predicted molar refractivity (Wildman–Crippen MR) is 92.3 cm³/mol. The summed E-state index contributed by atoms with van der Waals surface area (Å²) in [7, 11) is 1.46. The first-order chi connectivity index (χ1) is 12.6. The van der Waals surface area contributed by atoms with Crippen LogP contribution >= 0.6 is 0 Å². The molecule has 3 heterocycles. The van der Waals surface area contributed by atoms with Crippen molar-refractivity contribution in [3.05, 3.63) is 23.8 Å². The van der Waals surface area contributed by atoms with Gasteiger partial charge in [0.2, 0.25) is 0 Å². The van der Waals surface area contributed by atoms with E-state index in [-0.39, 0.29) is 40.8 Å². The zero-order valence-electron chi connectivity index (χ0n) is 14.9. The third-order valence-electron chi connectivity index (χ3n) is 6.16. The largest absolute Gasteiger partial charge is 0.504 e. The van der Waals surface area contributed by atoms with Crippen LogP contribution in [0.1, 0.15) is 23.2 Å². The molecule has 0 bridgehead atoms. The highest BCUT2D eigenvalue weighted by Crippen LogP contribution is 2.45. The topological polar surface area (TPSA) is 88.5 Å². The van der Waals surface area contributed by atoms with E-state index in [0.29, 0.717) is 45.8 Å². The number of para-hydroxylation sites is 1. The molecule has 3 aliphatic heterocycles. The number of carbonyl (C=O) groups excluding carboxylic acids is 1. The van der Waals surface area contributed by atoms with Gasteiger partial charge in [0.1, 0.15) is 0 Å². The highest BCUT2D eigenvalue weighted by molar-refractivity contribution is 5.98. The number of fused-ring (bicyclic) bond motifs is 3. The Morgan fingerprint density at radius 1 is 1.31 bits per heavy atom. The number of nitrogens with zero attached hydrogens (tertiary/aromatic N) is 1. The van der Waals surface area contributed by atoms with E-state index in [1.807, 2.05) is 0 Å². The van der Waals surface area contributed by atoms with E-state index in [2.05, 4.69) is 0 Å². The average Bonchev–Trinajstić information content (AvgIpc) is 2.67. The number of ether oxygens (including phenoxy) is 3. The second-order valence-electron chi connectivity index (χ2n) is 7.36. The number of likely N-dealkylation sites (tertiary alicyclic amines) is 1. The lowest BCUT2D eigenvalue weighted by atomic mass is 9.66. The molecule has 7 nitrogen and oxygen atoms in total. The normalized spacial score (nSPS) is 33.9. The van der Waals surface area contributed by atoms with Crippen molar-refractivity contribution in [1.82, 2.24) is 4.90 Å². The fourth-order valence-electron chi connectivity index (χ4n) is 4.71. The molecule has 1 amide bonds. The molecule has 0 aliphatic carbocycles. The maximum absolute atomic E-state index is 13.3. The summed E-state index contributed by atoms with van der Waals surface area (Å²) in [5.74, 6) is -0.421. The number of amides is 1. The summed E-state index contributed by atoms with van der Waals surface area (Å²) in [5.41, 5.74) is -0.645. The number of piperidine rings is 1. The van der Waals surface area contributed by atoms with Gasteiger partial charge in [0, 0.05) is 44.1 Å². The second kappa shape index (κ2) is 6.72. The number of aromatic hydroxyl groups is 1. The van der Waals surface area contributed by atoms with Crippen LogP contribution in [0.4, 0.5) is 0 Å². The molecule has 4 rings (SSSR count). The smallest absolute Gasteiger partial charge is 0.258 e. The highest BCUT2D eigenvalue weighted by Gasteiger charge is 2.56. The lowest BCUT2D eigenvalue weighted by Crippen LogP contribution is -2.68. The van der Waals surface area contributed by atoms with Crippen molar-refractivity contribution in [2.75, 3.05) is 40.1 Å². The van der Waals surface area contributed by atoms with Gasteiger partial charge in [-0.1, -0.05) is 6.07 Å². The van der Waals surface area contributed by atoms with E-state index in [4.69, 9.17) is 14.2 Å². The van der Waals surface area contributed by atoms with Gasteiger partial charge in [0.15, 0.2) is 11.5 Å². The zero-order valence-corrected chi connectivity index (χ0v) is 14.9. The molecule has 2 N–H and O–H groups in total. The Morgan fingerprint density at radius 2 is 2.12 bits per heavy atom. The van der Waals surface area contributed by atoms with Crippen molar-refractivity contribution in [1.29, 1.82) is 0 Å². The predicted octanol–water partition coefficient (Wildman–Crippen LogP) is 1.03. The number of phenols is 1. The molecule has 26 heavy (non-hydrogen) atoms. The molecular weight excluding hydrogens is 338 g/mol. The first-order valence-corrected chi connectivity index (χ1v) is 9.11. The summed E-state index contributed by atoms with van der Waals surface area (Å²) >= 11 is 0. The maximum atomic E-state index is 13.3. The summed E-state index contributed by atoms with van der Waals surface area (Å²) in [6.45, 7) is 2.36. The Hall–Kier alpha value is -1.83. The molecule has 3 fully saturated rings. The maximum Gasteiger partial charge on any atom is 0.258 e. The van der Waals surface area contributed by atoms with Crippen LogP contribution in [-0.2, 0) is 9.47 Å². The van der Waals surface area contributed by atoms with Crippen LogP contribution < -0.4 is 4.74 Å². The van der Waals surface area contributed by atoms with Crippen molar-refractivity contribution in [3.8, 4) is 11.5 Å². The SMILES string of the molecule is COc1cccc(C(=O)N2C[C@@H]3COCC[C@]3(O)[C@H]3COCC[C@H]32)c1O. The molecule has 0 saturated carbocycles. The molecule has 0 aromatic heterocycles. The van der Waals surface area contributed by atoms with E-state index >= 15 is 0 Å². The molecule has 3 aliphatic rings. The van der Waals surface area contributed by atoms with Crippen LogP contribution in [0.15, 0.2) is 18.2 Å². The van der Waals surface area contributed by atoms with Gasteiger partial charge in [0.25, 0.3) is 5.91 Å². The van der Waals surface area contributed by atoms with Gasteiger partial charge in [-0.05, 0) is 18.6 Å². The number of benzene rings is 1. The lowest BCUT2D eigenvalue weighted by molar-refractivity contribution is -0.212. The number of hydrogen-bond donors (Lipinski definition) is 2. The van der Waals surface area contributed by atoms with Crippen LogP contribution in [-0.4, -0.2) is 72.7 Å². The number of rotatable bonds is 2. The standard InChI is InChI=1S/C19H25NO6/c1-24-16-4-2-3-13(17(16)21)18(22)20-9-12-10-26-8-6-19(12,23)14-11-25-7-5-15(14)20/h2-4,12,14-15,21,23H,5-11H2,1H3/t12-,14+,15-,19-/m1/s1. The van der Waals surface area contributed by atoms with Gasteiger partial charge in [-0.3, -0.25) is 4.79 Å². The Bertz CT molecular complexity index is 695. The molecule has 0 radical (unpaired) electrons. The summed E-state index contributed by atoms with van der Waals surface area (Å²) in [6.07, 6.45) is 1.24. The first kappa shape index (κ1) is 17.6. The molecular formula is C19H25NO6. The Labute approximate surface area is 152 Å². The molecule has 7 heteroatoms. The molecule has 1 aromatic rings. The minimum atomic E-state index is -0.865. The van der Waals surface area contributed by atoms with Gasteiger partial charge in [-0.2, -0.15) is 0 Å². The Balaban J connectivity index is 1.68. The Morgan fingerprint density at radius 3 is 2.92 bits per heavy atom. The third kappa shape index (κ3) is 2.66. The minimum Gasteiger partial charge on any atom is -0.504 e. The van der Waals surface area contributed by atoms with E-state index in [1.165, 1.54) is 7.11 Å². The molecule has 142 valence electrons. The minimum absolute atomic E-state index is 0.110. The number of carbonyl (C=O) groups is 1. The van der Waals surface area contributed by atoms with Crippen LogP contribution in [0.5, 0.6) is 11.5 Å². The number of aliphatic hydroxyl groups is 1. The van der Waals surface area contributed by atoms with Crippen LogP contribution in [0, 0.1) is 11.8 Å². The van der Waals surface area contributed by atoms with Crippen molar-refractivity contribution < 1.29 is 29.2 Å². The third-order valence-corrected chi connectivity index (χ3v) is 6.16. The van der Waals surface area contributed by atoms with Gasteiger partial charge in [-0.25, -0.2) is 0 Å². The Kier molecular flexibility index (Phi) is 4.54. The van der Waals surface area contributed by atoms with Gasteiger partial charge in [0.05, 0.1) is 31.5 Å². The van der Waals surface area contributed by atoms with E-state index in [1.54, 1.807) is 23.1 Å². The fraction of sp³-hybridized carbons (Fsp3) is 0.632. The molecule has 0 spiro atoms. The number of hydrogen-bond acceptors (Lipinski definition) is 6. The zero-order chi connectivity index (χ0) is 18.3. The molecule has 3 saturated heterocycles. The van der Waals surface area contributed by atoms with Crippen LogP contribution in [0.25, 0.3) is 0 Å². The highest BCUT2D eigenvalue weighted by atomic mass is 16.5. The van der Waals surface area contributed by atoms with Gasteiger partial charge >= 0.3 is 0 Å². The number of phenolic OH excluding ortho intramolecular Hbond substituents is 1. The van der Waals surface area contributed by atoms with Gasteiger partial charge < -0.3 is 29.3 Å². The van der Waals surface area contributed by atoms with Crippen molar-refractivity contribution in [2.24, 2.45) is 11.8 Å². The summed E-state index contributed by atoms with van der Waals surface area (Å²) in [4.78, 5) is 15.1. The van der Waals surface area contributed by atoms with Crippen molar-refractivity contribution >= 4 is 5.91 Å². The summed E-state index contributed by atoms with van der Waals surface area (Å²) in [6, 6.07) is 4.80.